The van der Waals surface area contributed by atoms with Gasteiger partial charge in [0.15, 0.2) is 0 Å². The molecular formula is C13H23N. The highest BCUT2D eigenvalue weighted by Crippen LogP contribution is 2.29. The molecule has 0 spiro atoms. The molecule has 2 N–H and O–H groups in total. The quantitative estimate of drug-likeness (QED) is 0.538. The van der Waals surface area contributed by atoms with Gasteiger partial charge in [-0.05, 0) is 12.3 Å². The molecule has 80 valence electrons. The van der Waals surface area contributed by atoms with Crippen LogP contribution in [0, 0.1) is 11.8 Å². The number of nitrogens with two attached hydrogens (primary N) is 1. The summed E-state index contributed by atoms with van der Waals surface area (Å²) in [7, 11) is 0. The van der Waals surface area contributed by atoms with Gasteiger partial charge >= 0.3 is 0 Å². The highest BCUT2D eigenvalue weighted by atomic mass is 14.6. The third-order valence-electron chi connectivity index (χ3n) is 3.40. The summed E-state index contributed by atoms with van der Waals surface area (Å²) in [5, 5.41) is 0. The number of hydrogen-bond acceptors (Lipinski definition) is 1. The van der Waals surface area contributed by atoms with Crippen molar-refractivity contribution in [2.75, 3.05) is 0 Å². The minimum absolute atomic E-state index is 0.468. The van der Waals surface area contributed by atoms with Crippen molar-refractivity contribution in [1.29, 1.82) is 0 Å². The fourth-order valence-electron chi connectivity index (χ4n) is 2.40. The lowest BCUT2D eigenvalue weighted by Crippen LogP contribution is -2.12. The van der Waals surface area contributed by atoms with Crippen molar-refractivity contribution in [3.8, 4) is 0 Å². The predicted octanol–water partition coefficient (Wildman–Crippen LogP) is 3.61. The van der Waals surface area contributed by atoms with Gasteiger partial charge < -0.3 is 5.73 Å². The third-order valence-corrected chi connectivity index (χ3v) is 3.40. The molecule has 0 bridgehead atoms. The van der Waals surface area contributed by atoms with Crippen molar-refractivity contribution < 1.29 is 0 Å². The molecule has 1 aliphatic rings. The van der Waals surface area contributed by atoms with Gasteiger partial charge in [0.1, 0.15) is 0 Å². The monoisotopic (exact) mass is 193 g/mol. The van der Waals surface area contributed by atoms with Crippen LogP contribution in [0.15, 0.2) is 18.0 Å². The summed E-state index contributed by atoms with van der Waals surface area (Å²) in [5.74, 6) is 1.36. The third kappa shape index (κ3) is 3.59. The molecule has 0 radical (unpaired) electrons. The van der Waals surface area contributed by atoms with Gasteiger partial charge in [-0.3, -0.25) is 0 Å². The summed E-state index contributed by atoms with van der Waals surface area (Å²) >= 11 is 0. The van der Waals surface area contributed by atoms with E-state index >= 15 is 0 Å². The summed E-state index contributed by atoms with van der Waals surface area (Å²) in [6.45, 7) is 5.80. The lowest BCUT2D eigenvalue weighted by atomic mass is 9.88. The van der Waals surface area contributed by atoms with Gasteiger partial charge in [0.05, 0.1) is 5.70 Å². The van der Waals surface area contributed by atoms with E-state index in [4.69, 9.17) is 5.73 Å². The van der Waals surface area contributed by atoms with Crippen molar-refractivity contribution in [3.05, 3.63) is 18.0 Å². The molecule has 14 heavy (non-hydrogen) atoms. The molecule has 0 saturated heterocycles. The van der Waals surface area contributed by atoms with E-state index in [2.05, 4.69) is 19.2 Å². The molecular weight excluding hydrogens is 170 g/mol. The Bertz CT molecular complexity index is 205. The van der Waals surface area contributed by atoms with E-state index in [0.29, 0.717) is 5.92 Å². The Kier molecular flexibility index (Phi) is 4.82. The first-order chi connectivity index (χ1) is 6.74. The van der Waals surface area contributed by atoms with Crippen molar-refractivity contribution in [3.63, 3.8) is 0 Å². The molecule has 0 heterocycles. The molecule has 0 aromatic rings. The van der Waals surface area contributed by atoms with Gasteiger partial charge in [-0.1, -0.05) is 52.0 Å². The van der Waals surface area contributed by atoms with E-state index in [0.717, 1.165) is 11.6 Å². The molecule has 1 saturated carbocycles. The maximum Gasteiger partial charge on any atom is 0.0534 e. The van der Waals surface area contributed by atoms with Gasteiger partial charge in [-0.25, -0.2) is 0 Å². The summed E-state index contributed by atoms with van der Waals surface area (Å²) in [6, 6.07) is 0. The second kappa shape index (κ2) is 5.93. The van der Waals surface area contributed by atoms with Crippen molar-refractivity contribution in [1.82, 2.24) is 0 Å². The van der Waals surface area contributed by atoms with Crippen LogP contribution in [0.4, 0.5) is 0 Å². The summed E-state index contributed by atoms with van der Waals surface area (Å²) in [4.78, 5) is 0. The zero-order valence-electron chi connectivity index (χ0n) is 9.39. The number of rotatable bonds is 3. The molecule has 1 unspecified atom stereocenters. The molecule has 1 fully saturated rings. The van der Waals surface area contributed by atoms with Crippen LogP contribution in [-0.4, -0.2) is 0 Å². The highest BCUT2D eigenvalue weighted by molar-refractivity contribution is 4.97. The zero-order chi connectivity index (χ0) is 10.4. The Balaban J connectivity index is 2.37. The van der Waals surface area contributed by atoms with Crippen LogP contribution in [0.5, 0.6) is 0 Å². The lowest BCUT2D eigenvalue weighted by molar-refractivity contribution is 0.378. The second-order valence-electron chi connectivity index (χ2n) is 4.63. The van der Waals surface area contributed by atoms with Gasteiger partial charge in [0, 0.05) is 5.92 Å². The van der Waals surface area contributed by atoms with Crippen molar-refractivity contribution in [2.45, 2.75) is 51.9 Å². The van der Waals surface area contributed by atoms with E-state index in [1.165, 1.54) is 44.9 Å². The molecule has 1 atom stereocenters. The second-order valence-corrected chi connectivity index (χ2v) is 4.63. The van der Waals surface area contributed by atoms with Gasteiger partial charge in [0.2, 0.25) is 0 Å². The summed E-state index contributed by atoms with van der Waals surface area (Å²) in [5.41, 5.74) is 9.47. The average Bonchev–Trinajstić information content (AvgIpc) is 2.45. The van der Waals surface area contributed by atoms with E-state index in [9.17, 15) is 0 Å². The Labute approximate surface area is 88.1 Å². The minimum Gasteiger partial charge on any atom is -0.396 e. The van der Waals surface area contributed by atoms with Crippen LogP contribution in [0.3, 0.4) is 0 Å². The largest absolute Gasteiger partial charge is 0.396 e. The maximum absolute atomic E-state index is 5.82. The Morgan fingerprint density at radius 3 is 2.43 bits per heavy atom. The van der Waals surface area contributed by atoms with Crippen molar-refractivity contribution in [2.24, 2.45) is 17.6 Å². The van der Waals surface area contributed by atoms with E-state index < -0.39 is 0 Å². The van der Waals surface area contributed by atoms with Crippen LogP contribution in [0.1, 0.15) is 51.9 Å². The SMILES string of the molecule is C=C=C(N)C(C)CC1CCCCCC1. The smallest absolute Gasteiger partial charge is 0.0534 e. The van der Waals surface area contributed by atoms with Crippen LogP contribution in [-0.2, 0) is 0 Å². The normalized spacial score (nSPS) is 20.9. The molecule has 0 aromatic heterocycles. The first-order valence-electron chi connectivity index (χ1n) is 5.89. The zero-order valence-corrected chi connectivity index (χ0v) is 9.39. The van der Waals surface area contributed by atoms with Gasteiger partial charge in [-0.2, -0.15) is 0 Å². The van der Waals surface area contributed by atoms with E-state index in [-0.39, 0.29) is 0 Å². The molecule has 1 rings (SSSR count). The van der Waals surface area contributed by atoms with E-state index in [1.54, 1.807) is 0 Å². The lowest BCUT2D eigenvalue weighted by Gasteiger charge is -2.18. The highest BCUT2D eigenvalue weighted by Gasteiger charge is 2.16. The maximum atomic E-state index is 5.82. The summed E-state index contributed by atoms with van der Waals surface area (Å²) < 4.78 is 0. The standard InChI is InChI=1S/C13H23N/c1-3-13(14)11(2)10-12-8-6-4-5-7-9-12/h11-12H,1,4-10,14H2,2H3. The van der Waals surface area contributed by atoms with Gasteiger partial charge in [-0.15, -0.1) is 5.73 Å². The number of allylic oxidation sites excluding steroid dienone is 1. The first-order valence-corrected chi connectivity index (χ1v) is 5.89. The van der Waals surface area contributed by atoms with Crippen LogP contribution in [0.25, 0.3) is 0 Å². The van der Waals surface area contributed by atoms with Crippen LogP contribution >= 0.6 is 0 Å². The molecule has 0 aliphatic heterocycles. The molecule has 0 aromatic carbocycles. The molecule has 1 nitrogen and oxygen atoms in total. The minimum atomic E-state index is 0.468. The Morgan fingerprint density at radius 2 is 1.93 bits per heavy atom. The first kappa shape index (κ1) is 11.4. The summed E-state index contributed by atoms with van der Waals surface area (Å²) in [6.07, 6.45) is 9.71. The van der Waals surface area contributed by atoms with Gasteiger partial charge in [0.25, 0.3) is 0 Å². The average molecular weight is 193 g/mol. The molecule has 1 heteroatoms. The topological polar surface area (TPSA) is 26.0 Å². The Morgan fingerprint density at radius 1 is 1.36 bits per heavy atom. The molecule has 0 amide bonds. The predicted molar refractivity (Wildman–Crippen MR) is 61.8 cm³/mol. The van der Waals surface area contributed by atoms with Crippen molar-refractivity contribution >= 4 is 0 Å². The van der Waals surface area contributed by atoms with Crippen LogP contribution < -0.4 is 5.73 Å². The fraction of sp³-hybridized carbons (Fsp3) is 0.769. The number of hydrogen-bond donors (Lipinski definition) is 1. The Hall–Kier alpha value is -0.680. The molecule has 1 aliphatic carbocycles. The van der Waals surface area contributed by atoms with Crippen LogP contribution in [0.2, 0.25) is 0 Å². The van der Waals surface area contributed by atoms with E-state index in [1.807, 2.05) is 0 Å². The fourth-order valence-corrected chi connectivity index (χ4v) is 2.40.